The van der Waals surface area contributed by atoms with Gasteiger partial charge in [0.1, 0.15) is 79.4 Å². The van der Waals surface area contributed by atoms with E-state index in [0.717, 1.165) is 61.2 Å². The molecule has 5 aliphatic heterocycles. The Morgan fingerprint density at radius 1 is 0.322 bits per heavy atom. The van der Waals surface area contributed by atoms with Gasteiger partial charge >= 0.3 is 0 Å². The SMILES string of the molecule is O[C@@H]1[C@@H](O)[C@@H](O[C@H]2[C@H](OCc3ccccc3)[C@@H](OCc3ccccc3)[C@@H]3O[C@H]4[C@H](OCc5ccccc5)[C@@H]([C@@H]5[C@@H](COCc6ccccc6)C[C@@H](OCc6ccccc6)[C@H](OCc6ccccc6)[C@H]5OCc5ccccc5)O[C@H](COCc5ccccc5)[C@@H]4OCc4cccc(c4)COC[C@H]2O3)O[C@@H]2CO[C@@H](c3ccccc3)O[C@@H]12. The Morgan fingerprint density at radius 2 is 0.774 bits per heavy atom. The van der Waals surface area contributed by atoms with Crippen molar-refractivity contribution in [2.75, 3.05) is 26.4 Å². The maximum Gasteiger partial charge on any atom is 0.187 e. The molecule has 4 saturated heterocycles. The summed E-state index contributed by atoms with van der Waals surface area (Å²) in [7, 11) is 0. The van der Waals surface area contributed by atoms with Gasteiger partial charge in [-0.2, -0.15) is 0 Å². The molecule has 19 nitrogen and oxygen atoms in total. The molecule has 1 aliphatic carbocycles. The molecule has 6 aliphatic rings. The molecule has 2 N–H and O–H groups in total. The van der Waals surface area contributed by atoms with Crippen LogP contribution in [0.15, 0.2) is 297 Å². The second-order valence-corrected chi connectivity index (χ2v) is 30.4. The third-order valence-corrected chi connectivity index (χ3v) is 22.3. The zero-order valence-electron chi connectivity index (χ0n) is 64.4. The first kappa shape index (κ1) is 80.2. The van der Waals surface area contributed by atoms with Crippen molar-refractivity contribution >= 4 is 0 Å². The van der Waals surface area contributed by atoms with Crippen LogP contribution in [0.25, 0.3) is 0 Å². The van der Waals surface area contributed by atoms with E-state index in [2.05, 4.69) is 54.6 Å². The minimum absolute atomic E-state index is 0.0145. The first-order valence-electron chi connectivity index (χ1n) is 40.2. The number of aliphatic hydroxyl groups excluding tert-OH is 2. The summed E-state index contributed by atoms with van der Waals surface area (Å²) in [6.07, 6.45) is -20.0. The maximum absolute atomic E-state index is 12.5. The summed E-state index contributed by atoms with van der Waals surface area (Å²) >= 11 is 0. The summed E-state index contributed by atoms with van der Waals surface area (Å²) < 4.78 is 124. The lowest BCUT2D eigenvalue weighted by atomic mass is 9.69. The lowest BCUT2D eigenvalue weighted by Crippen LogP contribution is -2.70. The standard InChI is InChI=1S/C96H102O19/c97-82-83(98)95(111-80-64-109-94(113-84(80)82)75-47-26-9-27-48-75)114-87-79-63-101-53-73-45-28-46-74(49-73)60-104-86-78(62-100-52-66-31-12-2-13-32-66)110-89(91(107-58-71-41-22-7-23-42-71)92(86)115-96(112-79)93(108-59-72-43-24-8-25-44-72)90(87)106-57-70-39-20-6-21-40-70)81-76(61-99-51-65-29-10-1-11-30-65)50-77(102-54-67-33-14-3-15-34-67)85(103-55-68-35-16-4-17-36-68)88(81)105-56-69-37-18-5-19-38-69/h1-49,76-98H,50-64H2/t76-,77-,78-,79-,80-,81-,82-,83-,84-,85+,86+,87-,88+,89-,90+,91-,92-,93-,94-,95-,96+/m1/s1. The minimum atomic E-state index is -1.65. The number of fused-ring (bicyclic) bond motifs is 6. The van der Waals surface area contributed by atoms with E-state index in [0.29, 0.717) is 19.6 Å². The molecule has 0 unspecified atom stereocenters. The van der Waals surface area contributed by atoms with Crippen LogP contribution in [0.2, 0.25) is 0 Å². The molecule has 0 amide bonds. The van der Waals surface area contributed by atoms with Crippen molar-refractivity contribution in [1.82, 2.24) is 0 Å². The molecule has 10 aromatic carbocycles. The molecule has 21 atom stereocenters. The Labute approximate surface area is 673 Å². The molecule has 0 spiro atoms. The predicted molar refractivity (Wildman–Crippen MR) is 426 cm³/mol. The van der Waals surface area contributed by atoms with E-state index in [4.69, 9.17) is 80.5 Å². The van der Waals surface area contributed by atoms with Gasteiger partial charge < -0.3 is 90.7 Å². The van der Waals surface area contributed by atoms with Crippen LogP contribution in [0.4, 0.5) is 0 Å². The fourth-order valence-corrected chi connectivity index (χ4v) is 16.5. The van der Waals surface area contributed by atoms with Crippen LogP contribution in [0.5, 0.6) is 0 Å². The average molecular weight is 1560 g/mol. The second kappa shape index (κ2) is 40.5. The van der Waals surface area contributed by atoms with Gasteiger partial charge in [0.25, 0.3) is 0 Å². The number of hydrogen-bond donors (Lipinski definition) is 2. The van der Waals surface area contributed by atoms with Crippen LogP contribution >= 0.6 is 0 Å². The van der Waals surface area contributed by atoms with E-state index < -0.39 is 128 Å². The molecule has 1 saturated carbocycles. The average Bonchev–Trinajstić information content (AvgIpc) is 0.744. The first-order valence-corrected chi connectivity index (χ1v) is 40.2. The van der Waals surface area contributed by atoms with Crippen molar-refractivity contribution < 1.29 is 90.7 Å². The fourth-order valence-electron chi connectivity index (χ4n) is 16.5. The Bertz CT molecular complexity index is 4460. The quantitative estimate of drug-likeness (QED) is 0.0431. The van der Waals surface area contributed by atoms with Crippen LogP contribution in [0.3, 0.4) is 0 Å². The van der Waals surface area contributed by atoms with Crippen LogP contribution in [0, 0.1) is 11.8 Å². The zero-order valence-corrected chi connectivity index (χ0v) is 64.4. The van der Waals surface area contributed by atoms with Crippen molar-refractivity contribution in [3.8, 4) is 0 Å². The van der Waals surface area contributed by atoms with Gasteiger partial charge in [0, 0.05) is 11.5 Å². The van der Waals surface area contributed by atoms with E-state index in [1.54, 1.807) is 0 Å². The predicted octanol–water partition coefficient (Wildman–Crippen LogP) is 14.5. The molecular formula is C96H102O19. The Balaban J connectivity index is 0.852. The summed E-state index contributed by atoms with van der Waals surface area (Å²) in [4.78, 5) is 0. The number of ether oxygens (including phenoxy) is 17. The number of rotatable bonds is 30. The summed E-state index contributed by atoms with van der Waals surface area (Å²) in [6, 6.07) is 98.2. The highest BCUT2D eigenvalue weighted by atomic mass is 16.8. The van der Waals surface area contributed by atoms with E-state index in [9.17, 15) is 10.2 Å². The fraction of sp³-hybridized carbons (Fsp3) is 0.375. The van der Waals surface area contributed by atoms with Crippen molar-refractivity contribution in [2.24, 2.45) is 11.8 Å². The smallest absolute Gasteiger partial charge is 0.187 e. The van der Waals surface area contributed by atoms with Gasteiger partial charge in [0.05, 0.1) is 111 Å². The molecule has 0 radical (unpaired) electrons. The maximum atomic E-state index is 12.5. The van der Waals surface area contributed by atoms with Gasteiger partial charge in [-0.15, -0.1) is 0 Å². The molecule has 4 bridgehead atoms. The lowest BCUT2D eigenvalue weighted by molar-refractivity contribution is -0.399. The second-order valence-electron chi connectivity index (χ2n) is 30.4. The van der Waals surface area contributed by atoms with Crippen LogP contribution in [0.1, 0.15) is 73.9 Å². The van der Waals surface area contributed by atoms with Crippen LogP contribution < -0.4 is 0 Å². The largest absolute Gasteiger partial charge is 0.387 e. The van der Waals surface area contributed by atoms with E-state index in [1.165, 1.54) is 0 Å². The number of hydrogen-bond acceptors (Lipinski definition) is 19. The zero-order chi connectivity index (χ0) is 77.8. The van der Waals surface area contributed by atoms with Gasteiger partial charge in [0.15, 0.2) is 18.9 Å². The van der Waals surface area contributed by atoms with E-state index >= 15 is 0 Å². The molecule has 19 heteroatoms. The minimum Gasteiger partial charge on any atom is -0.387 e. The molecule has 0 aromatic heterocycles. The molecule has 600 valence electrons. The van der Waals surface area contributed by atoms with Crippen LogP contribution in [-0.2, 0) is 147 Å². The van der Waals surface area contributed by atoms with Gasteiger partial charge in [-0.3, -0.25) is 0 Å². The highest BCUT2D eigenvalue weighted by Crippen LogP contribution is 2.47. The molecular weight excluding hydrogens is 1460 g/mol. The first-order chi connectivity index (χ1) is 56.8. The summed E-state index contributed by atoms with van der Waals surface area (Å²) in [5.41, 5.74) is 9.98. The normalized spacial score (nSPS) is 29.6. The molecule has 115 heavy (non-hydrogen) atoms. The van der Waals surface area contributed by atoms with Gasteiger partial charge in [0.2, 0.25) is 0 Å². The van der Waals surface area contributed by atoms with Crippen molar-refractivity contribution in [2.45, 2.75) is 189 Å². The van der Waals surface area contributed by atoms with Crippen molar-refractivity contribution in [3.63, 3.8) is 0 Å². The molecule has 5 heterocycles. The summed E-state index contributed by atoms with van der Waals surface area (Å²) in [5.74, 6) is -1.05. The van der Waals surface area contributed by atoms with E-state index in [-0.39, 0.29) is 79.3 Å². The molecule has 10 aromatic rings. The highest BCUT2D eigenvalue weighted by molar-refractivity contribution is 5.25. The van der Waals surface area contributed by atoms with Gasteiger partial charge in [-0.1, -0.05) is 297 Å². The third-order valence-electron chi connectivity index (χ3n) is 22.3. The van der Waals surface area contributed by atoms with Crippen molar-refractivity contribution in [1.29, 1.82) is 0 Å². The summed E-state index contributed by atoms with van der Waals surface area (Å²) in [6.45, 7) is 1.93. The van der Waals surface area contributed by atoms with Gasteiger partial charge in [-0.25, -0.2) is 0 Å². The van der Waals surface area contributed by atoms with Gasteiger partial charge in [-0.05, 0) is 68.0 Å². The third kappa shape index (κ3) is 21.1. The number of aliphatic hydroxyl groups is 2. The Kier molecular flexibility index (Phi) is 28.3. The topological polar surface area (TPSA) is 197 Å². The van der Waals surface area contributed by atoms with Crippen LogP contribution in [-0.4, -0.2) is 147 Å². The monoisotopic (exact) mass is 1560 g/mol. The van der Waals surface area contributed by atoms with Crippen molar-refractivity contribution in [3.05, 3.63) is 358 Å². The van der Waals surface area contributed by atoms with E-state index in [1.807, 2.05) is 243 Å². The summed E-state index contributed by atoms with van der Waals surface area (Å²) in [5, 5.41) is 24.8. The Morgan fingerprint density at radius 3 is 1.30 bits per heavy atom. The number of benzene rings is 10. The Hall–Kier alpha value is -8.56. The molecule has 5 fully saturated rings. The highest BCUT2D eigenvalue weighted by Gasteiger charge is 2.61. The molecule has 16 rings (SSSR count). The lowest BCUT2D eigenvalue weighted by Gasteiger charge is -2.55.